The van der Waals surface area contributed by atoms with Crippen LogP contribution in [0.5, 0.6) is 5.75 Å². The Bertz CT molecular complexity index is 625. The zero-order valence-electron chi connectivity index (χ0n) is 14.0. The maximum absolute atomic E-state index is 12.6. The van der Waals surface area contributed by atoms with Crippen LogP contribution in [-0.2, 0) is 4.79 Å². The number of likely N-dealkylation sites (tertiary alicyclic amines) is 1. The molecule has 1 heterocycles. The van der Waals surface area contributed by atoms with Crippen LogP contribution in [0.3, 0.4) is 0 Å². The molecule has 1 aliphatic carbocycles. The molecule has 2 aliphatic rings. The van der Waals surface area contributed by atoms with E-state index in [-0.39, 0.29) is 18.4 Å². The summed E-state index contributed by atoms with van der Waals surface area (Å²) in [7, 11) is 1.54. The quantitative estimate of drug-likeness (QED) is 0.872. The van der Waals surface area contributed by atoms with Gasteiger partial charge in [0.15, 0.2) is 0 Å². The summed E-state index contributed by atoms with van der Waals surface area (Å²) in [4.78, 5) is 26.6. The van der Waals surface area contributed by atoms with Crippen molar-refractivity contribution >= 4 is 11.8 Å². The number of methoxy groups -OCH3 is 1. The van der Waals surface area contributed by atoms with E-state index >= 15 is 0 Å². The highest BCUT2D eigenvalue weighted by Gasteiger charge is 2.51. The molecule has 1 aliphatic heterocycles. The predicted molar refractivity (Wildman–Crippen MR) is 88.9 cm³/mol. The lowest BCUT2D eigenvalue weighted by Gasteiger charge is -2.37. The number of nitrogens with zero attached hydrogens (tertiary/aromatic N) is 1. The highest BCUT2D eigenvalue weighted by Crippen LogP contribution is 2.43. The van der Waals surface area contributed by atoms with Crippen molar-refractivity contribution in [3.63, 3.8) is 0 Å². The zero-order chi connectivity index (χ0) is 17.2. The van der Waals surface area contributed by atoms with E-state index in [1.54, 1.807) is 36.3 Å². The summed E-state index contributed by atoms with van der Waals surface area (Å²) in [6, 6.07) is 6.82. The van der Waals surface area contributed by atoms with E-state index in [0.717, 1.165) is 25.7 Å². The van der Waals surface area contributed by atoms with E-state index in [2.05, 4.69) is 5.32 Å². The minimum atomic E-state index is -0.446. The maximum atomic E-state index is 12.6. The number of carbonyl (C=O) groups is 2. The van der Waals surface area contributed by atoms with Crippen LogP contribution < -0.4 is 10.1 Å². The third-order valence-electron chi connectivity index (χ3n) is 5.29. The van der Waals surface area contributed by atoms with Crippen LogP contribution in [0.15, 0.2) is 24.3 Å². The monoisotopic (exact) mass is 332 g/mol. The number of aliphatic hydroxyl groups is 1. The minimum Gasteiger partial charge on any atom is -0.497 e. The Morgan fingerprint density at radius 2 is 2.12 bits per heavy atom. The van der Waals surface area contributed by atoms with E-state index in [9.17, 15) is 14.7 Å². The van der Waals surface area contributed by atoms with Crippen LogP contribution in [0.1, 0.15) is 42.5 Å². The molecular formula is C18H24N2O4. The Kier molecular flexibility index (Phi) is 4.76. The molecule has 0 aromatic heterocycles. The topological polar surface area (TPSA) is 78.9 Å². The van der Waals surface area contributed by atoms with Crippen LogP contribution in [0, 0.1) is 0 Å². The summed E-state index contributed by atoms with van der Waals surface area (Å²) in [5, 5.41) is 13.0. The first-order valence-corrected chi connectivity index (χ1v) is 8.47. The van der Waals surface area contributed by atoms with E-state index < -0.39 is 11.6 Å². The van der Waals surface area contributed by atoms with Crippen molar-refractivity contribution in [3.8, 4) is 5.75 Å². The van der Waals surface area contributed by atoms with Crippen LogP contribution in [0.25, 0.3) is 0 Å². The number of benzene rings is 1. The molecule has 24 heavy (non-hydrogen) atoms. The second-order valence-corrected chi connectivity index (χ2v) is 6.58. The fourth-order valence-electron chi connectivity index (χ4n) is 4.00. The van der Waals surface area contributed by atoms with Crippen molar-refractivity contribution in [2.24, 2.45) is 0 Å². The van der Waals surface area contributed by atoms with E-state index in [4.69, 9.17) is 4.74 Å². The summed E-state index contributed by atoms with van der Waals surface area (Å²) in [6.07, 6.45) is 3.95. The molecule has 2 amide bonds. The molecule has 2 N–H and O–H groups in total. The smallest absolute Gasteiger partial charge is 0.251 e. The Balaban J connectivity index is 1.62. The SMILES string of the molecule is COc1cccc(C(=O)NCC(=O)N2CC[C@H](O)C23CCCC3)c1. The minimum absolute atomic E-state index is 0.0511. The second-order valence-electron chi connectivity index (χ2n) is 6.58. The Labute approximate surface area is 141 Å². The van der Waals surface area contributed by atoms with Gasteiger partial charge in [-0.15, -0.1) is 0 Å². The van der Waals surface area contributed by atoms with E-state index in [1.807, 2.05) is 0 Å². The van der Waals surface area contributed by atoms with Crippen molar-refractivity contribution in [2.75, 3.05) is 20.2 Å². The molecule has 1 atom stereocenters. The summed E-state index contributed by atoms with van der Waals surface area (Å²) in [5.74, 6) is 0.175. The largest absolute Gasteiger partial charge is 0.497 e. The lowest BCUT2D eigenvalue weighted by Crippen LogP contribution is -2.53. The van der Waals surface area contributed by atoms with Gasteiger partial charge in [0.05, 0.1) is 25.3 Å². The van der Waals surface area contributed by atoms with Crippen molar-refractivity contribution in [1.82, 2.24) is 10.2 Å². The number of carbonyl (C=O) groups excluding carboxylic acids is 2. The van der Waals surface area contributed by atoms with Gasteiger partial charge in [-0.05, 0) is 37.5 Å². The van der Waals surface area contributed by atoms with Gasteiger partial charge < -0.3 is 20.1 Å². The van der Waals surface area contributed by atoms with Gasteiger partial charge >= 0.3 is 0 Å². The average Bonchev–Trinajstić information content (AvgIpc) is 3.22. The molecule has 1 aromatic carbocycles. The van der Waals surface area contributed by atoms with Crippen molar-refractivity contribution in [1.29, 1.82) is 0 Å². The van der Waals surface area contributed by atoms with E-state index in [1.165, 1.54) is 0 Å². The van der Waals surface area contributed by atoms with Crippen molar-refractivity contribution in [3.05, 3.63) is 29.8 Å². The molecule has 6 nitrogen and oxygen atoms in total. The Hall–Kier alpha value is -2.08. The first-order chi connectivity index (χ1) is 11.6. The molecule has 0 radical (unpaired) electrons. The molecule has 1 saturated carbocycles. The third-order valence-corrected chi connectivity index (χ3v) is 5.29. The molecule has 1 aromatic rings. The molecule has 2 fully saturated rings. The summed E-state index contributed by atoms with van der Waals surface area (Å²) in [6.45, 7) is 0.513. The molecule has 0 unspecified atom stereocenters. The molecule has 1 saturated heterocycles. The zero-order valence-corrected chi connectivity index (χ0v) is 14.0. The van der Waals surface area contributed by atoms with Crippen LogP contribution in [0.2, 0.25) is 0 Å². The van der Waals surface area contributed by atoms with Gasteiger partial charge in [-0.2, -0.15) is 0 Å². The van der Waals surface area contributed by atoms with Crippen LogP contribution in [-0.4, -0.2) is 53.7 Å². The van der Waals surface area contributed by atoms with E-state index in [0.29, 0.717) is 24.3 Å². The molecule has 3 rings (SSSR count). The summed E-state index contributed by atoms with van der Waals surface area (Å²) >= 11 is 0. The van der Waals surface area contributed by atoms with Gasteiger partial charge in [-0.25, -0.2) is 0 Å². The number of hydrogen-bond donors (Lipinski definition) is 2. The van der Waals surface area contributed by atoms with Gasteiger partial charge in [-0.1, -0.05) is 18.9 Å². The van der Waals surface area contributed by atoms with Gasteiger partial charge in [0.25, 0.3) is 5.91 Å². The summed E-state index contributed by atoms with van der Waals surface area (Å²) < 4.78 is 5.10. The van der Waals surface area contributed by atoms with Gasteiger partial charge in [-0.3, -0.25) is 9.59 Å². The average molecular weight is 332 g/mol. The number of rotatable bonds is 4. The lowest BCUT2D eigenvalue weighted by atomic mass is 9.91. The first-order valence-electron chi connectivity index (χ1n) is 8.47. The highest BCUT2D eigenvalue weighted by atomic mass is 16.5. The molecule has 1 spiro atoms. The lowest BCUT2D eigenvalue weighted by molar-refractivity contribution is -0.136. The second kappa shape index (κ2) is 6.81. The van der Waals surface area contributed by atoms with Crippen LogP contribution >= 0.6 is 0 Å². The third kappa shape index (κ3) is 2.98. The first kappa shape index (κ1) is 16.8. The van der Waals surface area contributed by atoms with Crippen LogP contribution in [0.4, 0.5) is 0 Å². The van der Waals surface area contributed by atoms with Crippen molar-refractivity contribution < 1.29 is 19.4 Å². The molecule has 6 heteroatoms. The fourth-order valence-corrected chi connectivity index (χ4v) is 4.00. The number of aliphatic hydroxyl groups excluding tert-OH is 1. The number of nitrogens with one attached hydrogen (secondary N) is 1. The maximum Gasteiger partial charge on any atom is 0.251 e. The van der Waals surface area contributed by atoms with Crippen molar-refractivity contribution in [2.45, 2.75) is 43.7 Å². The van der Waals surface area contributed by atoms with Gasteiger partial charge in [0.2, 0.25) is 5.91 Å². The Morgan fingerprint density at radius 3 is 2.83 bits per heavy atom. The number of ether oxygens (including phenoxy) is 1. The van der Waals surface area contributed by atoms with Gasteiger partial charge in [0.1, 0.15) is 5.75 Å². The number of amides is 2. The Morgan fingerprint density at radius 1 is 1.38 bits per heavy atom. The fraction of sp³-hybridized carbons (Fsp3) is 0.556. The molecule has 0 bridgehead atoms. The summed E-state index contributed by atoms with van der Waals surface area (Å²) in [5.41, 5.74) is 0.0526. The normalized spacial score (nSPS) is 21.9. The molecule has 130 valence electrons. The number of hydrogen-bond acceptors (Lipinski definition) is 4. The van der Waals surface area contributed by atoms with Gasteiger partial charge in [0, 0.05) is 12.1 Å². The molecular weight excluding hydrogens is 308 g/mol. The highest BCUT2D eigenvalue weighted by molar-refractivity contribution is 5.96. The standard InChI is InChI=1S/C18H24N2O4/c1-24-14-6-4-5-13(11-14)17(23)19-12-16(22)20-10-7-15(21)18(20)8-2-3-9-18/h4-6,11,15,21H,2-3,7-10,12H2,1H3,(H,19,23)/t15-/m0/s1. The predicted octanol–water partition coefficient (Wildman–Crippen LogP) is 1.33.